The monoisotopic (exact) mass is 481 g/mol. The highest BCUT2D eigenvalue weighted by Crippen LogP contribution is 2.35. The second-order valence-electron chi connectivity index (χ2n) is 5.75. The molecule has 0 unspecified atom stereocenters. The van der Waals surface area contributed by atoms with E-state index in [4.69, 9.17) is 17.4 Å². The van der Waals surface area contributed by atoms with Crippen LogP contribution in [0.25, 0.3) is 0 Å². The first kappa shape index (κ1) is 20.4. The topological polar surface area (TPSA) is 117 Å². The Morgan fingerprint density at radius 2 is 1.96 bits per heavy atom. The van der Waals surface area contributed by atoms with Crippen LogP contribution in [0.4, 0.5) is 11.4 Å². The van der Waals surface area contributed by atoms with E-state index in [1.165, 1.54) is 12.1 Å². The number of likely N-dealkylation sites (N-methyl/N-ethyl adjacent to an activating group) is 1. The minimum absolute atomic E-state index is 0.0166. The Morgan fingerprint density at radius 3 is 2.64 bits per heavy atom. The maximum absolute atomic E-state index is 12.7. The van der Waals surface area contributed by atoms with Crippen molar-refractivity contribution in [2.45, 2.75) is 11.8 Å². The predicted octanol–water partition coefficient (Wildman–Crippen LogP) is 2.15. The van der Waals surface area contributed by atoms with Crippen molar-refractivity contribution in [3.8, 4) is 0 Å². The Morgan fingerprint density at radius 1 is 1.25 bits per heavy atom. The zero-order chi connectivity index (χ0) is 20.5. The molecule has 1 amide bonds. The number of sulfonamides is 1. The fourth-order valence-electron chi connectivity index (χ4n) is 2.81. The number of benzene rings is 2. The number of nitrogens with two attached hydrogens (primary N) is 1. The van der Waals surface area contributed by atoms with Crippen molar-refractivity contribution in [2.24, 2.45) is 10.2 Å². The minimum atomic E-state index is -3.93. The summed E-state index contributed by atoms with van der Waals surface area (Å²) in [5.74, 6) is -0.260. The second-order valence-corrected chi connectivity index (χ2v) is 8.55. The molecule has 8 nitrogen and oxygen atoms in total. The van der Waals surface area contributed by atoms with Gasteiger partial charge in [0, 0.05) is 16.6 Å². The molecule has 0 saturated carbocycles. The molecule has 2 aromatic rings. The van der Waals surface area contributed by atoms with Gasteiger partial charge in [0.2, 0.25) is 10.0 Å². The number of thiocarbonyl (C=S) groups is 1. The summed E-state index contributed by atoms with van der Waals surface area (Å²) in [6.45, 7) is 2.35. The van der Waals surface area contributed by atoms with E-state index >= 15 is 0 Å². The molecule has 0 saturated heterocycles. The van der Waals surface area contributed by atoms with Gasteiger partial charge in [-0.2, -0.15) is 5.10 Å². The Kier molecular flexibility index (Phi) is 5.79. The molecule has 4 N–H and O–H groups in total. The summed E-state index contributed by atoms with van der Waals surface area (Å²) in [6, 6.07) is 11.5. The van der Waals surface area contributed by atoms with Crippen molar-refractivity contribution in [1.82, 2.24) is 5.43 Å². The first-order valence-electron chi connectivity index (χ1n) is 8.11. The van der Waals surface area contributed by atoms with Crippen LogP contribution in [-0.4, -0.2) is 31.7 Å². The fourth-order valence-corrected chi connectivity index (χ4v) is 4.24. The summed E-state index contributed by atoms with van der Waals surface area (Å²) >= 11 is 8.63. The summed E-state index contributed by atoms with van der Waals surface area (Å²) in [7, 11) is -3.93. The normalized spacial score (nSPS) is 14.9. The van der Waals surface area contributed by atoms with Crippen molar-refractivity contribution in [3.63, 3.8) is 0 Å². The van der Waals surface area contributed by atoms with Crippen LogP contribution < -0.4 is 20.8 Å². The Labute approximate surface area is 176 Å². The van der Waals surface area contributed by atoms with Gasteiger partial charge in [-0.3, -0.25) is 10.2 Å². The largest absolute Gasteiger partial charge is 0.330 e. The lowest BCUT2D eigenvalue weighted by molar-refractivity contribution is -0.112. The Balaban J connectivity index is 1.85. The molecule has 3 rings (SSSR count). The first-order chi connectivity index (χ1) is 13.2. The molecule has 0 aromatic heterocycles. The number of rotatable bonds is 4. The van der Waals surface area contributed by atoms with Crippen molar-refractivity contribution >= 4 is 66.3 Å². The maximum atomic E-state index is 12.7. The van der Waals surface area contributed by atoms with Crippen molar-refractivity contribution < 1.29 is 13.2 Å². The Hall–Kier alpha value is -2.34. The number of hydrogen-bond donors (Lipinski definition) is 3. The second kappa shape index (κ2) is 7.95. The molecular formula is C17H16BrN5O3S2. The van der Waals surface area contributed by atoms with Gasteiger partial charge in [-0.05, 0) is 53.3 Å². The smallest absolute Gasteiger partial charge is 0.279 e. The van der Waals surface area contributed by atoms with Gasteiger partial charge in [-0.1, -0.05) is 24.3 Å². The molecule has 28 heavy (non-hydrogen) atoms. The van der Waals surface area contributed by atoms with Crippen LogP contribution in [0.1, 0.15) is 12.5 Å². The van der Waals surface area contributed by atoms with E-state index in [0.717, 1.165) is 10.2 Å². The van der Waals surface area contributed by atoms with Gasteiger partial charge < -0.3 is 10.2 Å². The number of hydrazone groups is 1. The lowest BCUT2D eigenvalue weighted by atomic mass is 10.1. The molecule has 0 atom stereocenters. The molecule has 1 heterocycles. The van der Waals surface area contributed by atoms with Crippen LogP contribution in [0, 0.1) is 0 Å². The van der Waals surface area contributed by atoms with Crippen LogP contribution in [0.2, 0.25) is 0 Å². The number of para-hydroxylation sites is 2. The third-order valence-corrected chi connectivity index (χ3v) is 5.79. The zero-order valence-electron chi connectivity index (χ0n) is 14.6. The average Bonchev–Trinajstić information content (AvgIpc) is 2.91. The van der Waals surface area contributed by atoms with Gasteiger partial charge in [0.1, 0.15) is 4.90 Å². The third kappa shape index (κ3) is 3.92. The molecule has 0 bridgehead atoms. The molecule has 2 aromatic carbocycles. The van der Waals surface area contributed by atoms with E-state index in [-0.39, 0.29) is 27.3 Å². The summed E-state index contributed by atoms with van der Waals surface area (Å²) in [5.41, 5.74) is 4.43. The number of anilines is 2. The van der Waals surface area contributed by atoms with Crippen molar-refractivity contribution in [1.29, 1.82) is 0 Å². The molecule has 0 radical (unpaired) electrons. The van der Waals surface area contributed by atoms with E-state index < -0.39 is 10.0 Å². The number of carbonyl (C=O) groups is 1. The maximum Gasteiger partial charge on any atom is 0.279 e. The number of nitrogens with zero attached hydrogens (tertiary/aromatic N) is 2. The van der Waals surface area contributed by atoms with E-state index in [1.807, 2.05) is 19.1 Å². The SMILES string of the molecule is CCN1C(=O)C(=NNC(=S)Nc2ccccc2S(N)(=O)=O)c2cccc(Br)c21. The van der Waals surface area contributed by atoms with Gasteiger partial charge >= 0.3 is 0 Å². The molecule has 0 aliphatic carbocycles. The predicted molar refractivity (Wildman–Crippen MR) is 116 cm³/mol. The standard InChI is InChI=1S/C17H16BrN5O3S2/c1-2-23-15-10(6-5-7-11(15)18)14(16(23)24)21-22-17(27)20-12-8-3-4-9-13(12)28(19,25)26/h3-9H,2H2,1H3,(H2,19,25,26)(H2,20,22,27). The van der Waals surface area contributed by atoms with Crippen LogP contribution in [0.3, 0.4) is 0 Å². The van der Waals surface area contributed by atoms with E-state index in [0.29, 0.717) is 12.1 Å². The quantitative estimate of drug-likeness (QED) is 0.454. The molecule has 1 aliphatic heterocycles. The van der Waals surface area contributed by atoms with Gasteiger partial charge in [0.15, 0.2) is 10.8 Å². The number of amides is 1. The lowest BCUT2D eigenvalue weighted by Crippen LogP contribution is -2.32. The third-order valence-electron chi connectivity index (χ3n) is 3.99. The fraction of sp³-hybridized carbons (Fsp3) is 0.118. The highest BCUT2D eigenvalue weighted by molar-refractivity contribution is 9.10. The van der Waals surface area contributed by atoms with E-state index in [1.54, 1.807) is 23.1 Å². The van der Waals surface area contributed by atoms with Crippen LogP contribution in [-0.2, 0) is 14.8 Å². The number of hydrogen-bond acceptors (Lipinski definition) is 5. The van der Waals surface area contributed by atoms with E-state index in [2.05, 4.69) is 31.8 Å². The highest BCUT2D eigenvalue weighted by Gasteiger charge is 2.34. The number of carbonyl (C=O) groups excluding carboxylic acids is 1. The Bertz CT molecular complexity index is 1100. The minimum Gasteiger partial charge on any atom is -0.330 e. The number of nitrogens with one attached hydrogen (secondary N) is 2. The average molecular weight is 482 g/mol. The number of primary sulfonamides is 1. The van der Waals surface area contributed by atoms with Crippen molar-refractivity contribution in [3.05, 3.63) is 52.5 Å². The summed E-state index contributed by atoms with van der Waals surface area (Å²) in [5, 5.41) is 12.1. The highest BCUT2D eigenvalue weighted by atomic mass is 79.9. The first-order valence-corrected chi connectivity index (χ1v) is 10.9. The van der Waals surface area contributed by atoms with Crippen LogP contribution >= 0.6 is 28.1 Å². The lowest BCUT2D eigenvalue weighted by Gasteiger charge is -2.14. The van der Waals surface area contributed by atoms with Gasteiger partial charge in [0.25, 0.3) is 5.91 Å². The van der Waals surface area contributed by atoms with Crippen LogP contribution in [0.5, 0.6) is 0 Å². The molecule has 0 fully saturated rings. The summed E-state index contributed by atoms with van der Waals surface area (Å²) in [4.78, 5) is 14.2. The van der Waals surface area contributed by atoms with Gasteiger partial charge in [0.05, 0.1) is 11.4 Å². The van der Waals surface area contributed by atoms with E-state index in [9.17, 15) is 13.2 Å². The zero-order valence-corrected chi connectivity index (χ0v) is 17.9. The van der Waals surface area contributed by atoms with Crippen molar-refractivity contribution in [2.75, 3.05) is 16.8 Å². The van der Waals surface area contributed by atoms with Crippen LogP contribution in [0.15, 0.2) is 56.9 Å². The molecular weight excluding hydrogens is 466 g/mol. The van der Waals surface area contributed by atoms with Gasteiger partial charge in [-0.15, -0.1) is 0 Å². The number of fused-ring (bicyclic) bond motifs is 1. The molecule has 11 heteroatoms. The number of halogens is 1. The summed E-state index contributed by atoms with van der Waals surface area (Å²) in [6.07, 6.45) is 0. The molecule has 146 valence electrons. The molecule has 1 aliphatic rings. The summed E-state index contributed by atoms with van der Waals surface area (Å²) < 4.78 is 24.1. The van der Waals surface area contributed by atoms with Gasteiger partial charge in [-0.25, -0.2) is 13.6 Å². The molecule has 0 spiro atoms.